The molecule has 1 N–H and O–H groups in total. The van der Waals surface area contributed by atoms with Crippen molar-refractivity contribution in [1.82, 2.24) is 4.98 Å². The molecule has 0 aliphatic carbocycles. The minimum atomic E-state index is -1.11. The monoisotopic (exact) mass is 574 g/mol. The number of aliphatic hydroxyl groups excluding tert-OH is 1. The molecule has 12 heteroatoms. The second-order valence-corrected chi connectivity index (χ2v) is 10.1. The molecule has 2 aliphatic heterocycles. The molecule has 1 unspecified atom stereocenters. The van der Waals surface area contributed by atoms with Crippen LogP contribution in [0.3, 0.4) is 0 Å². The summed E-state index contributed by atoms with van der Waals surface area (Å²) >= 11 is 13.3. The summed E-state index contributed by atoms with van der Waals surface area (Å²) in [6.45, 7) is 4.16. The van der Waals surface area contributed by atoms with Gasteiger partial charge in [-0.15, -0.1) is 0 Å². The van der Waals surface area contributed by atoms with E-state index in [9.17, 15) is 19.5 Å². The molecule has 196 valence electrons. The quantitative estimate of drug-likeness (QED) is 0.188. The molecule has 9 nitrogen and oxygen atoms in total. The topological polar surface area (TPSA) is 115 Å². The summed E-state index contributed by atoms with van der Waals surface area (Å²) in [6.07, 6.45) is 0. The number of amides is 1. The Hall–Kier alpha value is -3.60. The number of aromatic nitrogens is 1. The third-order valence-electron chi connectivity index (χ3n) is 5.97. The molecule has 1 atom stereocenters. The number of aryl methyl sites for hydroxylation is 1. The van der Waals surface area contributed by atoms with E-state index < -0.39 is 29.5 Å². The average Bonchev–Trinajstić information content (AvgIpc) is 3.41. The number of nitrogens with zero attached hydrogens (tertiary/aromatic N) is 2. The van der Waals surface area contributed by atoms with E-state index in [-0.39, 0.29) is 37.8 Å². The van der Waals surface area contributed by atoms with E-state index in [1.807, 2.05) is 0 Å². The molecule has 2 aromatic carbocycles. The molecule has 1 amide bonds. The number of Topliss-reactive ketones (excluding diaryl/α,β-unsaturated/α-hetero) is 1. The number of hydrogen-bond donors (Lipinski definition) is 1. The van der Waals surface area contributed by atoms with Crippen LogP contribution in [0.5, 0.6) is 11.5 Å². The van der Waals surface area contributed by atoms with Gasteiger partial charge in [-0.1, -0.05) is 40.6 Å². The number of anilines is 1. The number of hydrogen-bond acceptors (Lipinski definition) is 9. The van der Waals surface area contributed by atoms with Crippen molar-refractivity contribution >= 4 is 63.1 Å². The molecule has 0 spiro atoms. The number of thiazole rings is 1. The van der Waals surface area contributed by atoms with Gasteiger partial charge >= 0.3 is 11.9 Å². The van der Waals surface area contributed by atoms with Crippen molar-refractivity contribution in [3.05, 3.63) is 73.7 Å². The van der Waals surface area contributed by atoms with Crippen LogP contribution in [0, 0.1) is 6.92 Å². The predicted molar refractivity (Wildman–Crippen MR) is 141 cm³/mol. The highest BCUT2D eigenvalue weighted by atomic mass is 35.5. The number of fused-ring (bicyclic) bond motifs is 1. The van der Waals surface area contributed by atoms with Gasteiger partial charge in [-0.05, 0) is 49.7 Å². The Balaban J connectivity index is 1.68. The summed E-state index contributed by atoms with van der Waals surface area (Å²) in [5.41, 5.74) is 0.809. The Morgan fingerprint density at radius 3 is 2.58 bits per heavy atom. The molecular formula is C26H20Cl2N2O7S. The molecule has 2 aliphatic rings. The van der Waals surface area contributed by atoms with Gasteiger partial charge in [0.15, 0.2) is 16.6 Å². The van der Waals surface area contributed by atoms with Crippen molar-refractivity contribution in [2.24, 2.45) is 0 Å². The maximum absolute atomic E-state index is 13.4. The highest BCUT2D eigenvalue weighted by Crippen LogP contribution is 2.45. The lowest BCUT2D eigenvalue weighted by Gasteiger charge is -2.23. The van der Waals surface area contributed by atoms with E-state index in [1.54, 1.807) is 32.0 Å². The van der Waals surface area contributed by atoms with Gasteiger partial charge in [0.1, 0.15) is 23.9 Å². The first kappa shape index (κ1) is 26.0. The van der Waals surface area contributed by atoms with Gasteiger partial charge in [-0.2, -0.15) is 0 Å². The van der Waals surface area contributed by atoms with Crippen molar-refractivity contribution in [2.75, 3.05) is 24.7 Å². The maximum atomic E-state index is 13.4. The first-order valence-corrected chi connectivity index (χ1v) is 13.1. The first-order chi connectivity index (χ1) is 18.2. The van der Waals surface area contributed by atoms with Crippen molar-refractivity contribution < 1.29 is 33.7 Å². The molecule has 3 aromatic rings. The summed E-state index contributed by atoms with van der Waals surface area (Å²) in [5.74, 6) is -1.97. The zero-order valence-corrected chi connectivity index (χ0v) is 22.4. The largest absolute Gasteiger partial charge is 0.507 e. The number of carbonyl (C=O) groups is 3. The molecule has 0 radical (unpaired) electrons. The smallest absolute Gasteiger partial charge is 0.350 e. The van der Waals surface area contributed by atoms with Crippen LogP contribution in [0.2, 0.25) is 10.0 Å². The fourth-order valence-corrected chi connectivity index (χ4v) is 5.54. The Kier molecular flexibility index (Phi) is 7.04. The normalized spacial score (nSPS) is 18.1. The van der Waals surface area contributed by atoms with E-state index in [1.165, 1.54) is 18.2 Å². The molecule has 0 bridgehead atoms. The van der Waals surface area contributed by atoms with Crippen LogP contribution >= 0.6 is 34.5 Å². The number of ketones is 1. The standard InChI is InChI=1S/C26H20Cl2N2O7S/c1-3-35-25(34)23-12(2)29-26(38-23)30-20(13-4-6-15(27)16(28)10-13)19(22(32)24(30)33)21(31)14-5-7-17-18(11-14)37-9-8-36-17/h4-7,10-11,20,31H,3,8-9H2,1-2H3/b21-19+. The highest BCUT2D eigenvalue weighted by Gasteiger charge is 2.48. The Morgan fingerprint density at radius 1 is 1.13 bits per heavy atom. The van der Waals surface area contributed by atoms with Crippen molar-refractivity contribution in [1.29, 1.82) is 0 Å². The van der Waals surface area contributed by atoms with Crippen molar-refractivity contribution in [3.63, 3.8) is 0 Å². The number of ether oxygens (including phenoxy) is 3. The number of halogens is 2. The lowest BCUT2D eigenvalue weighted by atomic mass is 9.95. The SMILES string of the molecule is CCOC(=O)c1sc(N2C(=O)C(=O)/C(=C(/O)c3ccc4c(c3)OCCO4)C2c2ccc(Cl)c(Cl)c2)nc1C. The summed E-state index contributed by atoms with van der Waals surface area (Å²) in [6, 6.07) is 8.24. The predicted octanol–water partition coefficient (Wildman–Crippen LogP) is 5.33. The van der Waals surface area contributed by atoms with Crippen LogP contribution in [0.25, 0.3) is 5.76 Å². The summed E-state index contributed by atoms with van der Waals surface area (Å²) < 4.78 is 16.2. The fraction of sp³-hybridized carbons (Fsp3) is 0.231. The number of esters is 1. The van der Waals surface area contributed by atoms with Gasteiger partial charge in [-0.25, -0.2) is 9.78 Å². The van der Waals surface area contributed by atoms with E-state index in [0.29, 0.717) is 36.0 Å². The number of rotatable bonds is 5. The Morgan fingerprint density at radius 2 is 1.87 bits per heavy atom. The summed E-state index contributed by atoms with van der Waals surface area (Å²) in [5, 5.41) is 11.9. The molecule has 5 rings (SSSR count). The van der Waals surface area contributed by atoms with Gasteiger partial charge in [0.25, 0.3) is 5.78 Å². The highest BCUT2D eigenvalue weighted by molar-refractivity contribution is 7.17. The fourth-order valence-electron chi connectivity index (χ4n) is 4.25. The second-order valence-electron chi connectivity index (χ2n) is 8.33. The lowest BCUT2D eigenvalue weighted by Crippen LogP contribution is -2.29. The molecule has 1 fully saturated rings. The second kappa shape index (κ2) is 10.3. The van der Waals surface area contributed by atoms with Crippen LogP contribution in [-0.4, -0.2) is 47.6 Å². The lowest BCUT2D eigenvalue weighted by molar-refractivity contribution is -0.132. The van der Waals surface area contributed by atoms with Gasteiger partial charge in [-0.3, -0.25) is 14.5 Å². The van der Waals surface area contributed by atoms with E-state index in [0.717, 1.165) is 16.2 Å². The molecule has 3 heterocycles. The van der Waals surface area contributed by atoms with Crippen LogP contribution < -0.4 is 14.4 Å². The van der Waals surface area contributed by atoms with Crippen molar-refractivity contribution in [3.8, 4) is 11.5 Å². The van der Waals surface area contributed by atoms with Gasteiger partial charge in [0.05, 0.1) is 34.0 Å². The summed E-state index contributed by atoms with van der Waals surface area (Å²) in [7, 11) is 0. The number of benzene rings is 2. The molecule has 1 aromatic heterocycles. The molecule has 38 heavy (non-hydrogen) atoms. The third-order valence-corrected chi connectivity index (χ3v) is 7.85. The van der Waals surface area contributed by atoms with Crippen LogP contribution in [0.1, 0.15) is 39.5 Å². The minimum Gasteiger partial charge on any atom is -0.507 e. The van der Waals surface area contributed by atoms with Gasteiger partial charge in [0, 0.05) is 5.56 Å². The van der Waals surface area contributed by atoms with Crippen LogP contribution in [0.15, 0.2) is 42.0 Å². The van der Waals surface area contributed by atoms with E-state index in [2.05, 4.69) is 4.98 Å². The zero-order chi connectivity index (χ0) is 27.1. The summed E-state index contributed by atoms with van der Waals surface area (Å²) in [4.78, 5) is 45.0. The Labute approximate surface area is 231 Å². The third kappa shape index (κ3) is 4.48. The first-order valence-electron chi connectivity index (χ1n) is 11.5. The number of aliphatic hydroxyl groups is 1. The van der Waals surface area contributed by atoms with Crippen molar-refractivity contribution in [2.45, 2.75) is 19.9 Å². The van der Waals surface area contributed by atoms with Gasteiger partial charge < -0.3 is 19.3 Å². The van der Waals surface area contributed by atoms with Gasteiger partial charge in [0.2, 0.25) is 0 Å². The molecular weight excluding hydrogens is 555 g/mol. The average molecular weight is 575 g/mol. The van der Waals surface area contributed by atoms with E-state index in [4.69, 9.17) is 37.4 Å². The Bertz CT molecular complexity index is 1520. The van der Waals surface area contributed by atoms with Crippen LogP contribution in [-0.2, 0) is 14.3 Å². The maximum Gasteiger partial charge on any atom is 0.350 e. The molecule has 0 saturated carbocycles. The van der Waals surface area contributed by atoms with Crippen LogP contribution in [0.4, 0.5) is 5.13 Å². The number of carbonyl (C=O) groups excluding carboxylic acids is 3. The van der Waals surface area contributed by atoms with E-state index >= 15 is 0 Å². The molecule has 1 saturated heterocycles. The zero-order valence-electron chi connectivity index (χ0n) is 20.1. The minimum absolute atomic E-state index is 0.0879.